The van der Waals surface area contributed by atoms with Gasteiger partial charge < -0.3 is 11.1 Å². The van der Waals surface area contributed by atoms with Crippen LogP contribution in [0.2, 0.25) is 0 Å². The molecule has 0 saturated heterocycles. The van der Waals surface area contributed by atoms with Gasteiger partial charge in [-0.2, -0.15) is 0 Å². The summed E-state index contributed by atoms with van der Waals surface area (Å²) in [5.74, 6) is 0.127. The number of amidine groups is 1. The van der Waals surface area contributed by atoms with Gasteiger partial charge in [-0.1, -0.05) is 0 Å². The molecule has 4 N–H and O–H groups in total. The molecule has 0 aliphatic heterocycles. The molecular weight excluding hydrogens is 114 g/mol. The fourth-order valence-corrected chi connectivity index (χ4v) is 0.390. The monoisotopic (exact) mass is 127 g/mol. The predicted molar refractivity (Wildman–Crippen MR) is 39.3 cm³/mol. The van der Waals surface area contributed by atoms with Gasteiger partial charge in [-0.3, -0.25) is 5.41 Å². The number of nitrogens with two attached hydrogens (primary N) is 1. The highest BCUT2D eigenvalue weighted by Gasteiger charge is 1.95. The molecular formula is C6H13N3. The molecule has 0 amide bonds. The molecule has 9 heavy (non-hydrogen) atoms. The number of nitrogens with one attached hydrogen (secondary N) is 2. The minimum atomic E-state index is 0.127. The van der Waals surface area contributed by atoms with Crippen LogP contribution in [0.5, 0.6) is 0 Å². The van der Waals surface area contributed by atoms with Crippen LogP contribution in [0, 0.1) is 5.41 Å². The Bertz CT molecular complexity index is 146. The molecule has 0 aromatic rings. The average molecular weight is 127 g/mol. The lowest BCUT2D eigenvalue weighted by Crippen LogP contribution is -2.16. The van der Waals surface area contributed by atoms with E-state index < -0.39 is 0 Å². The number of rotatable bonds is 2. The van der Waals surface area contributed by atoms with Crippen LogP contribution in [0.1, 0.15) is 13.8 Å². The molecule has 0 aromatic heterocycles. The van der Waals surface area contributed by atoms with E-state index in [1.807, 2.05) is 20.9 Å². The van der Waals surface area contributed by atoms with E-state index in [4.69, 9.17) is 11.1 Å². The zero-order valence-electron chi connectivity index (χ0n) is 6.08. The Kier molecular flexibility index (Phi) is 2.78. The lowest BCUT2D eigenvalue weighted by molar-refractivity contribution is 0.971. The van der Waals surface area contributed by atoms with Crippen molar-refractivity contribution in [3.05, 3.63) is 11.3 Å². The molecule has 0 aromatic carbocycles. The Morgan fingerprint density at radius 2 is 1.89 bits per heavy atom. The highest BCUT2D eigenvalue weighted by atomic mass is 14.8. The van der Waals surface area contributed by atoms with Crippen molar-refractivity contribution < 1.29 is 0 Å². The normalized spacial score (nSPS) is 12.3. The van der Waals surface area contributed by atoms with Crippen LogP contribution in [-0.4, -0.2) is 12.9 Å². The molecule has 3 heteroatoms. The molecule has 0 radical (unpaired) electrons. The van der Waals surface area contributed by atoms with E-state index in [0.717, 1.165) is 11.3 Å². The van der Waals surface area contributed by atoms with Crippen LogP contribution in [0.4, 0.5) is 0 Å². The minimum absolute atomic E-state index is 0.127. The van der Waals surface area contributed by atoms with Crippen molar-refractivity contribution in [2.45, 2.75) is 13.8 Å². The largest absolute Gasteiger partial charge is 0.391 e. The van der Waals surface area contributed by atoms with Crippen LogP contribution >= 0.6 is 0 Å². The zero-order valence-corrected chi connectivity index (χ0v) is 6.08. The SMILES string of the molecule is CN/C(C)=C(/C)C(=N)N. The van der Waals surface area contributed by atoms with E-state index >= 15 is 0 Å². The maximum absolute atomic E-state index is 7.01. The Morgan fingerprint density at radius 1 is 1.44 bits per heavy atom. The Morgan fingerprint density at radius 3 is 2.00 bits per heavy atom. The van der Waals surface area contributed by atoms with E-state index in [1.54, 1.807) is 0 Å². The molecule has 0 aliphatic rings. The van der Waals surface area contributed by atoms with Crippen LogP contribution < -0.4 is 11.1 Å². The number of allylic oxidation sites excluding steroid dienone is 1. The summed E-state index contributed by atoms with van der Waals surface area (Å²) in [6, 6.07) is 0. The summed E-state index contributed by atoms with van der Waals surface area (Å²) >= 11 is 0. The minimum Gasteiger partial charge on any atom is -0.391 e. The fourth-order valence-electron chi connectivity index (χ4n) is 0.390. The molecule has 3 nitrogen and oxygen atoms in total. The van der Waals surface area contributed by atoms with Gasteiger partial charge in [0.15, 0.2) is 0 Å². The highest BCUT2D eigenvalue weighted by Crippen LogP contribution is 1.96. The van der Waals surface area contributed by atoms with Crippen molar-refractivity contribution in [3.8, 4) is 0 Å². The molecule has 0 saturated carbocycles. The smallest absolute Gasteiger partial charge is 0.120 e. The second-order valence-electron chi connectivity index (χ2n) is 1.91. The quantitative estimate of drug-likeness (QED) is 0.372. The lowest BCUT2D eigenvalue weighted by Gasteiger charge is -2.03. The van der Waals surface area contributed by atoms with Gasteiger partial charge >= 0.3 is 0 Å². The van der Waals surface area contributed by atoms with E-state index in [1.165, 1.54) is 0 Å². The second-order valence-corrected chi connectivity index (χ2v) is 1.91. The van der Waals surface area contributed by atoms with Crippen LogP contribution in [0.3, 0.4) is 0 Å². The van der Waals surface area contributed by atoms with Crippen molar-refractivity contribution in [2.24, 2.45) is 5.73 Å². The standard InChI is InChI=1S/C6H13N3/c1-4(6(7)8)5(2)9-3/h9H,1-3H3,(H3,7,8)/b5-4-. The van der Waals surface area contributed by atoms with Crippen molar-refractivity contribution in [3.63, 3.8) is 0 Å². The summed E-state index contributed by atoms with van der Waals surface area (Å²) in [5, 5.41) is 9.92. The molecule has 0 unspecified atom stereocenters. The third-order valence-electron chi connectivity index (χ3n) is 1.34. The van der Waals surface area contributed by atoms with Crippen LogP contribution in [-0.2, 0) is 0 Å². The lowest BCUT2D eigenvalue weighted by atomic mass is 10.2. The van der Waals surface area contributed by atoms with Crippen molar-refractivity contribution >= 4 is 5.84 Å². The first-order valence-electron chi connectivity index (χ1n) is 2.79. The average Bonchev–Trinajstić information content (AvgIpc) is 1.84. The highest BCUT2D eigenvalue weighted by molar-refractivity contribution is 5.94. The first kappa shape index (κ1) is 8.01. The molecule has 0 fully saturated rings. The molecule has 0 rings (SSSR count). The molecule has 0 aliphatic carbocycles. The van der Waals surface area contributed by atoms with E-state index in [9.17, 15) is 0 Å². The summed E-state index contributed by atoms with van der Waals surface area (Å²) in [6.07, 6.45) is 0. The second kappa shape index (κ2) is 3.12. The Balaban J connectivity index is 4.28. The third-order valence-corrected chi connectivity index (χ3v) is 1.34. The van der Waals surface area contributed by atoms with Crippen LogP contribution in [0.25, 0.3) is 0 Å². The van der Waals surface area contributed by atoms with Crippen molar-refractivity contribution in [2.75, 3.05) is 7.05 Å². The summed E-state index contributed by atoms with van der Waals surface area (Å²) in [5.41, 5.74) is 6.95. The van der Waals surface area contributed by atoms with Crippen molar-refractivity contribution in [1.29, 1.82) is 5.41 Å². The Hall–Kier alpha value is -0.990. The molecule has 0 bridgehead atoms. The molecule has 0 spiro atoms. The molecule has 0 heterocycles. The predicted octanol–water partition coefficient (Wildman–Crippen LogP) is 0.436. The third kappa shape index (κ3) is 2.17. The fraction of sp³-hybridized carbons (Fsp3) is 0.500. The van der Waals surface area contributed by atoms with Gasteiger partial charge in [0.25, 0.3) is 0 Å². The van der Waals surface area contributed by atoms with Gasteiger partial charge in [0.1, 0.15) is 5.84 Å². The van der Waals surface area contributed by atoms with Gasteiger partial charge in [0, 0.05) is 18.3 Å². The van der Waals surface area contributed by atoms with E-state index in [2.05, 4.69) is 5.32 Å². The molecule has 0 atom stereocenters. The van der Waals surface area contributed by atoms with Gasteiger partial charge in [-0.25, -0.2) is 0 Å². The number of hydrogen-bond acceptors (Lipinski definition) is 2. The summed E-state index contributed by atoms with van der Waals surface area (Å²) in [7, 11) is 1.81. The first-order chi connectivity index (χ1) is 4.09. The summed E-state index contributed by atoms with van der Waals surface area (Å²) < 4.78 is 0. The first-order valence-corrected chi connectivity index (χ1v) is 2.79. The van der Waals surface area contributed by atoms with Gasteiger partial charge in [-0.15, -0.1) is 0 Å². The summed E-state index contributed by atoms with van der Waals surface area (Å²) in [6.45, 7) is 3.70. The van der Waals surface area contributed by atoms with Crippen molar-refractivity contribution in [1.82, 2.24) is 5.32 Å². The zero-order chi connectivity index (χ0) is 7.44. The van der Waals surface area contributed by atoms with E-state index in [-0.39, 0.29) is 5.84 Å². The summed E-state index contributed by atoms with van der Waals surface area (Å²) in [4.78, 5) is 0. The van der Waals surface area contributed by atoms with Gasteiger partial charge in [-0.05, 0) is 13.8 Å². The topological polar surface area (TPSA) is 61.9 Å². The Labute approximate surface area is 55.4 Å². The number of hydrogen-bond donors (Lipinski definition) is 3. The van der Waals surface area contributed by atoms with Gasteiger partial charge in [0.05, 0.1) is 0 Å². The maximum atomic E-state index is 7.01. The van der Waals surface area contributed by atoms with Gasteiger partial charge in [0.2, 0.25) is 0 Å². The maximum Gasteiger partial charge on any atom is 0.120 e. The van der Waals surface area contributed by atoms with Crippen LogP contribution in [0.15, 0.2) is 11.3 Å². The van der Waals surface area contributed by atoms with E-state index in [0.29, 0.717) is 0 Å². The molecule has 52 valence electrons.